The van der Waals surface area contributed by atoms with Crippen LogP contribution in [-0.2, 0) is 5.41 Å². The highest BCUT2D eigenvalue weighted by atomic mass is 32.1. The van der Waals surface area contributed by atoms with Crippen LogP contribution in [-0.4, -0.2) is 28.2 Å². The van der Waals surface area contributed by atoms with E-state index in [1.165, 1.54) is 4.88 Å². The van der Waals surface area contributed by atoms with E-state index in [0.717, 1.165) is 30.8 Å². The number of piperidine rings is 1. The van der Waals surface area contributed by atoms with Gasteiger partial charge in [-0.25, -0.2) is 0 Å². The number of thiophene rings is 1. The van der Waals surface area contributed by atoms with Gasteiger partial charge in [-0.3, -0.25) is 0 Å². The van der Waals surface area contributed by atoms with Gasteiger partial charge in [0.2, 0.25) is 29.2 Å². The molecule has 0 spiro atoms. The van der Waals surface area contributed by atoms with E-state index in [2.05, 4.69) is 39.1 Å². The largest absolute Gasteiger partial charge is 0.423 e. The molecule has 8 heteroatoms. The minimum absolute atomic E-state index is 0.217. The lowest BCUT2D eigenvalue weighted by atomic mass is 9.97. The van der Waals surface area contributed by atoms with Crippen molar-refractivity contribution in [2.45, 2.75) is 51.9 Å². The van der Waals surface area contributed by atoms with Crippen LogP contribution in [0.1, 0.15) is 61.9 Å². The fourth-order valence-corrected chi connectivity index (χ4v) is 4.10. The number of oxazole rings is 1. The normalized spacial score (nSPS) is 15.8. The Morgan fingerprint density at radius 3 is 2.57 bits per heavy atom. The third kappa shape index (κ3) is 3.54. The van der Waals surface area contributed by atoms with Crippen molar-refractivity contribution in [1.82, 2.24) is 15.1 Å². The molecule has 0 bridgehead atoms. The van der Waals surface area contributed by atoms with E-state index >= 15 is 0 Å². The number of hydrogen-bond acceptors (Lipinski definition) is 8. The third-order valence-corrected chi connectivity index (χ3v) is 5.89. The molecule has 0 amide bonds. The maximum absolute atomic E-state index is 9.44. The second-order valence-electron chi connectivity index (χ2n) is 8.16. The van der Waals surface area contributed by atoms with E-state index in [4.69, 9.17) is 8.94 Å². The number of anilines is 1. The minimum Gasteiger partial charge on any atom is -0.423 e. The summed E-state index contributed by atoms with van der Waals surface area (Å²) in [4.78, 5) is 13.3. The Bertz CT molecular complexity index is 1010. The molecule has 146 valence electrons. The standard InChI is InChI=1S/C20H23N5O2S/c1-12-5-6-15(28-12)16-23-17(27-24-16)13-7-9-25(10-8-13)18-14(11-21)22-19(26-18)20(2,3)4/h5-6,13H,7-10H2,1-4H3. The molecule has 1 aliphatic rings. The van der Waals surface area contributed by atoms with E-state index in [-0.39, 0.29) is 11.3 Å². The summed E-state index contributed by atoms with van der Waals surface area (Å²) in [7, 11) is 0. The molecular weight excluding hydrogens is 374 g/mol. The summed E-state index contributed by atoms with van der Waals surface area (Å²) >= 11 is 1.66. The summed E-state index contributed by atoms with van der Waals surface area (Å²) in [5.41, 5.74) is 0.124. The first-order valence-electron chi connectivity index (χ1n) is 9.42. The van der Waals surface area contributed by atoms with Crippen LogP contribution < -0.4 is 4.90 Å². The Kier molecular flexibility index (Phi) is 4.71. The molecule has 0 radical (unpaired) electrons. The Balaban J connectivity index is 1.46. The van der Waals surface area contributed by atoms with Crippen molar-refractivity contribution in [1.29, 1.82) is 5.26 Å². The van der Waals surface area contributed by atoms with E-state index < -0.39 is 0 Å². The zero-order valence-electron chi connectivity index (χ0n) is 16.5. The maximum atomic E-state index is 9.44. The Labute approximate surface area is 168 Å². The number of aromatic nitrogens is 3. The Morgan fingerprint density at radius 2 is 1.96 bits per heavy atom. The van der Waals surface area contributed by atoms with Crippen LogP contribution in [0.3, 0.4) is 0 Å². The van der Waals surface area contributed by atoms with Crippen molar-refractivity contribution < 1.29 is 8.94 Å². The van der Waals surface area contributed by atoms with E-state index in [1.807, 2.05) is 26.8 Å². The van der Waals surface area contributed by atoms with Crippen molar-refractivity contribution in [3.05, 3.63) is 34.5 Å². The number of nitrogens with zero attached hydrogens (tertiary/aromatic N) is 5. The SMILES string of the molecule is Cc1ccc(-c2noc(C3CCN(c4oc(C(C)(C)C)nc4C#N)CC3)n2)s1. The van der Waals surface area contributed by atoms with Crippen LogP contribution in [0.4, 0.5) is 5.88 Å². The minimum atomic E-state index is -0.234. The van der Waals surface area contributed by atoms with Crippen molar-refractivity contribution in [2.75, 3.05) is 18.0 Å². The average molecular weight is 398 g/mol. The predicted molar refractivity (Wildman–Crippen MR) is 106 cm³/mol. The molecule has 3 aromatic rings. The molecule has 0 N–H and O–H groups in total. The molecule has 3 aromatic heterocycles. The molecule has 0 unspecified atom stereocenters. The summed E-state index contributed by atoms with van der Waals surface area (Å²) in [5.74, 6) is 2.73. The van der Waals surface area contributed by atoms with Crippen LogP contribution in [0.5, 0.6) is 0 Å². The lowest BCUT2D eigenvalue weighted by Crippen LogP contribution is -2.33. The van der Waals surface area contributed by atoms with Crippen molar-refractivity contribution in [3.8, 4) is 16.8 Å². The van der Waals surface area contributed by atoms with Gasteiger partial charge in [-0.05, 0) is 31.9 Å². The summed E-state index contributed by atoms with van der Waals surface area (Å²) in [6, 6.07) is 6.25. The van der Waals surface area contributed by atoms with Crippen LogP contribution in [0.15, 0.2) is 21.1 Å². The van der Waals surface area contributed by atoms with Gasteiger partial charge in [0.15, 0.2) is 0 Å². The van der Waals surface area contributed by atoms with Gasteiger partial charge in [-0.1, -0.05) is 25.9 Å². The number of hydrogen-bond donors (Lipinski definition) is 0. The van der Waals surface area contributed by atoms with Gasteiger partial charge in [-0.2, -0.15) is 15.2 Å². The fourth-order valence-electron chi connectivity index (χ4n) is 3.31. The van der Waals surface area contributed by atoms with Gasteiger partial charge in [0.25, 0.3) is 0 Å². The van der Waals surface area contributed by atoms with Crippen molar-refractivity contribution in [3.63, 3.8) is 0 Å². The molecule has 1 saturated heterocycles. The van der Waals surface area contributed by atoms with Crippen LogP contribution in [0, 0.1) is 18.3 Å². The molecule has 4 heterocycles. The zero-order valence-corrected chi connectivity index (χ0v) is 17.3. The first-order valence-corrected chi connectivity index (χ1v) is 10.2. The molecule has 4 rings (SSSR count). The molecule has 0 aliphatic carbocycles. The Hall–Kier alpha value is -2.66. The summed E-state index contributed by atoms with van der Waals surface area (Å²) in [5, 5.41) is 13.6. The second-order valence-corrected chi connectivity index (χ2v) is 9.45. The third-order valence-electron chi connectivity index (χ3n) is 4.89. The summed E-state index contributed by atoms with van der Waals surface area (Å²) in [6.07, 6.45) is 1.73. The van der Waals surface area contributed by atoms with Gasteiger partial charge in [0.1, 0.15) is 6.07 Å². The molecule has 28 heavy (non-hydrogen) atoms. The zero-order chi connectivity index (χ0) is 19.9. The smallest absolute Gasteiger partial charge is 0.234 e. The van der Waals surface area contributed by atoms with Crippen LogP contribution >= 0.6 is 11.3 Å². The molecule has 7 nitrogen and oxygen atoms in total. The Morgan fingerprint density at radius 1 is 1.21 bits per heavy atom. The molecular formula is C20H23N5O2S. The van der Waals surface area contributed by atoms with Gasteiger partial charge in [-0.15, -0.1) is 11.3 Å². The van der Waals surface area contributed by atoms with Gasteiger partial charge < -0.3 is 13.8 Å². The fraction of sp³-hybridized carbons (Fsp3) is 0.500. The molecule has 1 fully saturated rings. The second kappa shape index (κ2) is 7.06. The predicted octanol–water partition coefficient (Wildman–Crippen LogP) is 4.65. The molecule has 0 aromatic carbocycles. The average Bonchev–Trinajstić information content (AvgIpc) is 3.40. The van der Waals surface area contributed by atoms with Gasteiger partial charge in [0, 0.05) is 29.3 Å². The lowest BCUT2D eigenvalue weighted by molar-refractivity contribution is 0.324. The number of rotatable bonds is 3. The number of nitriles is 1. The van der Waals surface area contributed by atoms with Crippen molar-refractivity contribution in [2.24, 2.45) is 0 Å². The first-order chi connectivity index (χ1) is 13.3. The molecule has 0 saturated carbocycles. The summed E-state index contributed by atoms with van der Waals surface area (Å²) in [6.45, 7) is 9.66. The van der Waals surface area contributed by atoms with Crippen LogP contribution in [0.25, 0.3) is 10.7 Å². The van der Waals surface area contributed by atoms with Crippen molar-refractivity contribution >= 4 is 17.2 Å². The topological polar surface area (TPSA) is 92.0 Å². The first kappa shape index (κ1) is 18.7. The molecule has 1 aliphatic heterocycles. The van der Waals surface area contributed by atoms with E-state index in [1.54, 1.807) is 11.3 Å². The lowest BCUT2D eigenvalue weighted by Gasteiger charge is -2.30. The highest BCUT2D eigenvalue weighted by molar-refractivity contribution is 7.15. The quantitative estimate of drug-likeness (QED) is 0.635. The molecule has 0 atom stereocenters. The van der Waals surface area contributed by atoms with Gasteiger partial charge >= 0.3 is 0 Å². The maximum Gasteiger partial charge on any atom is 0.234 e. The summed E-state index contributed by atoms with van der Waals surface area (Å²) < 4.78 is 11.5. The monoisotopic (exact) mass is 397 g/mol. The van der Waals surface area contributed by atoms with E-state index in [0.29, 0.717) is 29.2 Å². The van der Waals surface area contributed by atoms with Crippen LogP contribution in [0.2, 0.25) is 0 Å². The number of aryl methyl sites for hydroxylation is 1. The van der Waals surface area contributed by atoms with Gasteiger partial charge in [0.05, 0.1) is 4.88 Å². The van der Waals surface area contributed by atoms with E-state index in [9.17, 15) is 5.26 Å². The highest BCUT2D eigenvalue weighted by Gasteiger charge is 2.31. The highest BCUT2D eigenvalue weighted by Crippen LogP contribution is 2.35.